The highest BCUT2D eigenvalue weighted by Crippen LogP contribution is 2.29. The first-order valence-electron chi connectivity index (χ1n) is 6.39. The predicted molar refractivity (Wildman–Crippen MR) is 76.0 cm³/mol. The van der Waals surface area contributed by atoms with Crippen molar-refractivity contribution in [2.45, 2.75) is 0 Å². The van der Waals surface area contributed by atoms with E-state index in [9.17, 15) is 14.4 Å². The molecule has 1 aliphatic rings. The Morgan fingerprint density at radius 2 is 1.81 bits per heavy atom. The third kappa shape index (κ3) is 2.20. The maximum absolute atomic E-state index is 12.3. The SMILES string of the molecule is O=C(O)CN1CC(=O)N(c2cccc3ccccc23)C1=O. The maximum atomic E-state index is 12.3. The van der Waals surface area contributed by atoms with Crippen LogP contribution in [0.5, 0.6) is 0 Å². The minimum atomic E-state index is -1.14. The fraction of sp³-hybridized carbons (Fsp3) is 0.133. The normalized spacial score (nSPS) is 15.0. The largest absolute Gasteiger partial charge is 0.480 e. The Morgan fingerprint density at radius 3 is 2.57 bits per heavy atom. The fourth-order valence-electron chi connectivity index (χ4n) is 2.48. The molecule has 0 aromatic heterocycles. The molecule has 0 spiro atoms. The molecule has 1 fully saturated rings. The van der Waals surface area contributed by atoms with Gasteiger partial charge in [-0.3, -0.25) is 9.59 Å². The van der Waals surface area contributed by atoms with Crippen LogP contribution in [-0.2, 0) is 9.59 Å². The Morgan fingerprint density at radius 1 is 1.10 bits per heavy atom. The molecule has 1 saturated heterocycles. The first kappa shape index (κ1) is 13.1. The van der Waals surface area contributed by atoms with E-state index in [1.54, 1.807) is 12.1 Å². The van der Waals surface area contributed by atoms with Crippen molar-refractivity contribution >= 4 is 34.4 Å². The van der Waals surface area contributed by atoms with Gasteiger partial charge >= 0.3 is 12.0 Å². The van der Waals surface area contributed by atoms with Crippen molar-refractivity contribution in [2.24, 2.45) is 0 Å². The first-order chi connectivity index (χ1) is 10.1. The Bertz CT molecular complexity index is 751. The zero-order valence-corrected chi connectivity index (χ0v) is 11.0. The van der Waals surface area contributed by atoms with E-state index in [2.05, 4.69) is 0 Å². The van der Waals surface area contributed by atoms with Crippen LogP contribution >= 0.6 is 0 Å². The number of imide groups is 1. The van der Waals surface area contributed by atoms with Crippen LogP contribution in [0, 0.1) is 0 Å². The molecule has 0 atom stereocenters. The minimum Gasteiger partial charge on any atom is -0.480 e. The van der Waals surface area contributed by atoms with E-state index in [4.69, 9.17) is 5.11 Å². The van der Waals surface area contributed by atoms with Gasteiger partial charge in [-0.15, -0.1) is 0 Å². The lowest BCUT2D eigenvalue weighted by molar-refractivity contribution is -0.137. The Labute approximate surface area is 120 Å². The van der Waals surface area contributed by atoms with Gasteiger partial charge in [-0.25, -0.2) is 9.69 Å². The molecule has 2 aromatic carbocycles. The second kappa shape index (κ2) is 4.90. The summed E-state index contributed by atoms with van der Waals surface area (Å²) in [6, 6.07) is 12.1. The number of amides is 3. The van der Waals surface area contributed by atoms with Gasteiger partial charge in [0, 0.05) is 5.39 Å². The van der Waals surface area contributed by atoms with Crippen LogP contribution in [0.4, 0.5) is 10.5 Å². The monoisotopic (exact) mass is 284 g/mol. The van der Waals surface area contributed by atoms with Crippen LogP contribution in [0.25, 0.3) is 10.8 Å². The summed E-state index contributed by atoms with van der Waals surface area (Å²) < 4.78 is 0. The number of hydrogen-bond acceptors (Lipinski definition) is 3. The Balaban J connectivity index is 2.04. The van der Waals surface area contributed by atoms with Crippen molar-refractivity contribution in [1.29, 1.82) is 0 Å². The third-order valence-corrected chi connectivity index (χ3v) is 3.37. The minimum absolute atomic E-state index is 0.214. The molecule has 0 aliphatic carbocycles. The number of nitrogens with zero attached hydrogens (tertiary/aromatic N) is 2. The summed E-state index contributed by atoms with van der Waals surface area (Å²) in [5, 5.41) is 10.5. The summed E-state index contributed by atoms with van der Waals surface area (Å²) in [4.78, 5) is 37.2. The Hall–Kier alpha value is -2.89. The molecule has 21 heavy (non-hydrogen) atoms. The lowest BCUT2D eigenvalue weighted by Gasteiger charge is -2.17. The number of aliphatic carboxylic acids is 1. The van der Waals surface area contributed by atoms with Crippen molar-refractivity contribution in [3.8, 4) is 0 Å². The van der Waals surface area contributed by atoms with Gasteiger partial charge in [-0.1, -0.05) is 36.4 Å². The molecule has 0 unspecified atom stereocenters. The van der Waals surface area contributed by atoms with Crippen LogP contribution in [0.2, 0.25) is 0 Å². The second-order valence-corrected chi connectivity index (χ2v) is 4.76. The van der Waals surface area contributed by atoms with E-state index in [1.807, 2.05) is 30.3 Å². The Kier molecular flexibility index (Phi) is 3.06. The van der Waals surface area contributed by atoms with Crippen molar-refractivity contribution in [3.05, 3.63) is 42.5 Å². The van der Waals surface area contributed by atoms with Crippen LogP contribution in [0.3, 0.4) is 0 Å². The van der Waals surface area contributed by atoms with Crippen LogP contribution in [0.15, 0.2) is 42.5 Å². The van der Waals surface area contributed by atoms with E-state index >= 15 is 0 Å². The lowest BCUT2D eigenvalue weighted by Crippen LogP contribution is -2.35. The molecule has 3 amide bonds. The van der Waals surface area contributed by atoms with Crippen LogP contribution in [0.1, 0.15) is 0 Å². The summed E-state index contributed by atoms with van der Waals surface area (Å²) in [6.45, 7) is -0.694. The molecule has 1 aliphatic heterocycles. The first-order valence-corrected chi connectivity index (χ1v) is 6.39. The molecular weight excluding hydrogens is 272 g/mol. The molecule has 0 saturated carbocycles. The number of hydrogen-bond donors (Lipinski definition) is 1. The number of carboxylic acid groups (broad SMARTS) is 1. The highest BCUT2D eigenvalue weighted by Gasteiger charge is 2.38. The van der Waals surface area contributed by atoms with Gasteiger partial charge in [0.2, 0.25) is 0 Å². The molecule has 6 heteroatoms. The van der Waals surface area contributed by atoms with Crippen LogP contribution < -0.4 is 4.90 Å². The summed E-state index contributed by atoms with van der Waals surface area (Å²) in [5.74, 6) is -1.56. The molecule has 2 aromatic rings. The quantitative estimate of drug-likeness (QED) is 0.870. The number of carboxylic acids is 1. The highest BCUT2D eigenvalue weighted by atomic mass is 16.4. The van der Waals surface area contributed by atoms with Gasteiger partial charge in [0.15, 0.2) is 0 Å². The summed E-state index contributed by atoms with van der Waals surface area (Å²) >= 11 is 0. The van der Waals surface area contributed by atoms with Crippen molar-refractivity contribution < 1.29 is 19.5 Å². The lowest BCUT2D eigenvalue weighted by atomic mass is 10.1. The van der Waals surface area contributed by atoms with Gasteiger partial charge in [-0.2, -0.15) is 0 Å². The number of benzene rings is 2. The number of rotatable bonds is 3. The topological polar surface area (TPSA) is 77.9 Å². The molecule has 1 N–H and O–H groups in total. The molecule has 3 rings (SSSR count). The average molecular weight is 284 g/mol. The van der Waals surface area contributed by atoms with Gasteiger partial charge < -0.3 is 10.0 Å². The zero-order valence-electron chi connectivity index (χ0n) is 11.0. The number of anilines is 1. The highest BCUT2D eigenvalue weighted by molar-refractivity contribution is 6.23. The number of fused-ring (bicyclic) bond motifs is 1. The smallest absolute Gasteiger partial charge is 0.332 e. The van der Waals surface area contributed by atoms with Gasteiger partial charge in [0.05, 0.1) is 5.69 Å². The van der Waals surface area contributed by atoms with Crippen molar-refractivity contribution in [1.82, 2.24) is 4.90 Å². The van der Waals surface area contributed by atoms with Crippen molar-refractivity contribution in [2.75, 3.05) is 18.0 Å². The summed E-state index contributed by atoms with van der Waals surface area (Å²) in [6.07, 6.45) is 0. The predicted octanol–water partition coefficient (Wildman–Crippen LogP) is 1.69. The van der Waals surface area contributed by atoms with E-state index in [0.717, 1.165) is 20.6 Å². The zero-order chi connectivity index (χ0) is 15.0. The van der Waals surface area contributed by atoms with E-state index in [0.29, 0.717) is 5.69 Å². The molecule has 0 radical (unpaired) electrons. The molecule has 1 heterocycles. The van der Waals surface area contributed by atoms with Gasteiger partial charge in [0.25, 0.3) is 5.91 Å². The number of carbonyl (C=O) groups excluding carboxylic acids is 2. The van der Waals surface area contributed by atoms with E-state index in [1.165, 1.54) is 0 Å². The third-order valence-electron chi connectivity index (χ3n) is 3.37. The molecule has 0 bridgehead atoms. The van der Waals surface area contributed by atoms with Crippen LogP contribution in [-0.4, -0.2) is 41.0 Å². The van der Waals surface area contributed by atoms with E-state index < -0.39 is 24.5 Å². The van der Waals surface area contributed by atoms with E-state index in [-0.39, 0.29) is 6.54 Å². The fourth-order valence-corrected chi connectivity index (χ4v) is 2.48. The van der Waals surface area contributed by atoms with Crippen molar-refractivity contribution in [3.63, 3.8) is 0 Å². The number of urea groups is 1. The van der Waals surface area contributed by atoms with Gasteiger partial charge in [0.1, 0.15) is 13.1 Å². The summed E-state index contributed by atoms with van der Waals surface area (Å²) in [5.41, 5.74) is 0.482. The average Bonchev–Trinajstić information content (AvgIpc) is 2.72. The molecule has 106 valence electrons. The van der Waals surface area contributed by atoms with Gasteiger partial charge in [-0.05, 0) is 11.5 Å². The second-order valence-electron chi connectivity index (χ2n) is 4.76. The molecular formula is C15H12N2O4. The molecule has 6 nitrogen and oxygen atoms in total. The number of carbonyl (C=O) groups is 3. The standard InChI is InChI=1S/C15H12N2O4/c18-13-8-16(9-14(19)20)15(21)17(13)12-7-3-5-10-4-1-2-6-11(10)12/h1-7H,8-9H2,(H,19,20). The maximum Gasteiger partial charge on any atom is 0.332 e. The summed E-state index contributed by atoms with van der Waals surface area (Å²) in [7, 11) is 0.